The fraction of sp³-hybridized carbons (Fsp3) is 0.762. The molecule has 2 aromatic carbocycles. The zero-order valence-corrected chi connectivity index (χ0v) is 73.6. The van der Waals surface area contributed by atoms with Gasteiger partial charge < -0.3 is 154 Å². The molecular formula is C80H123N5O34S2. The van der Waals surface area contributed by atoms with Gasteiger partial charge in [-0.25, -0.2) is 0 Å². The summed E-state index contributed by atoms with van der Waals surface area (Å²) in [4.78, 5) is 92.3. The molecule has 0 spiro atoms. The summed E-state index contributed by atoms with van der Waals surface area (Å²) < 4.78 is 167. The first-order chi connectivity index (χ1) is 58.4. The van der Waals surface area contributed by atoms with Gasteiger partial charge in [-0.3, -0.25) is 33.6 Å². The molecule has 6 saturated heterocycles. The number of rotatable bonds is 45. The topological polar surface area (TPSA) is 429 Å². The molecule has 0 bridgehead atoms. The first-order valence-corrected chi connectivity index (χ1v) is 41.9. The molecule has 1 aliphatic carbocycles. The maximum Gasteiger partial charge on any atom is 0.306 e. The van der Waals surface area contributed by atoms with Gasteiger partial charge in [0.2, 0.25) is 29.5 Å². The molecule has 0 saturated carbocycles. The minimum atomic E-state index is -1.22. The van der Waals surface area contributed by atoms with Crippen LogP contribution in [0.4, 0.5) is 0 Å². The van der Waals surface area contributed by atoms with Gasteiger partial charge in [0.1, 0.15) is 129 Å². The smallest absolute Gasteiger partial charge is 0.306 e. The van der Waals surface area contributed by atoms with Crippen LogP contribution in [-0.2, 0) is 161 Å². The maximum atomic E-state index is 13.8. The summed E-state index contributed by atoms with van der Waals surface area (Å²) >= 11 is 1.86. The highest BCUT2D eigenvalue weighted by Gasteiger charge is 2.59. The van der Waals surface area contributed by atoms with Gasteiger partial charge in [-0.1, -0.05) is 60.3 Å². The molecule has 9 rings (SSSR count). The second-order valence-electron chi connectivity index (χ2n) is 29.6. The van der Waals surface area contributed by atoms with E-state index < -0.39 is 226 Å². The molecule has 5 N–H and O–H groups in total. The van der Waals surface area contributed by atoms with Gasteiger partial charge in [-0.15, -0.1) is 11.8 Å². The number of nitrogens with one attached hydrogen (secondary N) is 5. The molecule has 2 aromatic rings. The summed E-state index contributed by atoms with van der Waals surface area (Å²) in [6.07, 6.45) is -28.0. The Bertz CT molecular complexity index is 3530. The van der Waals surface area contributed by atoms with Crippen molar-refractivity contribution < 1.29 is 161 Å². The maximum absolute atomic E-state index is 13.8. The van der Waals surface area contributed by atoms with Crippen LogP contribution in [0.5, 0.6) is 0 Å². The number of ether oxygens (including phenoxy) is 27. The molecule has 6 heterocycles. The van der Waals surface area contributed by atoms with Crippen LogP contribution in [-0.4, -0.2) is 395 Å². The van der Waals surface area contributed by atoms with Crippen LogP contribution < -0.4 is 26.6 Å². The van der Waals surface area contributed by atoms with Crippen LogP contribution in [0.3, 0.4) is 0 Å². The number of carbonyl (C=O) groups is 7. The van der Waals surface area contributed by atoms with E-state index in [0.717, 1.165) is 45.8 Å². The van der Waals surface area contributed by atoms with Crippen molar-refractivity contribution in [2.24, 2.45) is 0 Å². The minimum Gasteiger partial charge on any atom is -0.465 e. The molecular weight excluding hydrogens is 1640 g/mol. The van der Waals surface area contributed by atoms with E-state index in [-0.39, 0.29) is 74.2 Å². The molecule has 14 unspecified atom stereocenters. The Morgan fingerprint density at radius 2 is 0.686 bits per heavy atom. The summed E-state index contributed by atoms with van der Waals surface area (Å²) in [6, 6.07) is 14.5. The predicted octanol–water partition coefficient (Wildman–Crippen LogP) is 0.149. The van der Waals surface area contributed by atoms with Gasteiger partial charge in [0.15, 0.2) is 42.7 Å². The molecule has 684 valence electrons. The molecule has 6 aliphatic heterocycles. The van der Waals surface area contributed by atoms with E-state index in [2.05, 4.69) is 38.7 Å². The summed E-state index contributed by atoms with van der Waals surface area (Å²) in [5.41, 5.74) is 4.33. The van der Waals surface area contributed by atoms with E-state index in [4.69, 9.17) is 128 Å². The number of amides is 5. The fourth-order valence-corrected chi connectivity index (χ4v) is 17.8. The van der Waals surface area contributed by atoms with E-state index in [1.807, 2.05) is 36.4 Å². The Hall–Kier alpha value is -5.41. The average molecular weight is 1760 g/mol. The highest BCUT2D eigenvalue weighted by Crippen LogP contribution is 2.45. The van der Waals surface area contributed by atoms with Crippen molar-refractivity contribution >= 4 is 64.1 Å². The molecule has 6 fully saturated rings. The van der Waals surface area contributed by atoms with E-state index in [9.17, 15) is 33.6 Å². The second kappa shape index (κ2) is 49.1. The Labute approximate surface area is 713 Å². The molecule has 7 aliphatic rings. The van der Waals surface area contributed by atoms with Crippen molar-refractivity contribution in [1.29, 1.82) is 0 Å². The summed E-state index contributed by atoms with van der Waals surface area (Å²) in [6.45, 7) is 4.24. The normalized spacial score (nSPS) is 34.8. The van der Waals surface area contributed by atoms with E-state index in [0.29, 0.717) is 0 Å². The van der Waals surface area contributed by atoms with Gasteiger partial charge in [0.25, 0.3) is 0 Å². The van der Waals surface area contributed by atoms with Crippen LogP contribution in [0.25, 0.3) is 11.1 Å². The Balaban J connectivity index is 0.748. The lowest BCUT2D eigenvalue weighted by atomic mass is 9.94. The lowest BCUT2D eigenvalue weighted by Gasteiger charge is -2.51. The van der Waals surface area contributed by atoms with Gasteiger partial charge in [0, 0.05) is 133 Å². The molecule has 39 nitrogen and oxygen atoms in total. The third kappa shape index (κ3) is 24.7. The van der Waals surface area contributed by atoms with Crippen molar-refractivity contribution in [2.75, 3.05) is 171 Å². The average Bonchev–Trinajstić information content (AvgIpc) is 0.966. The number of methoxy groups -OCH3 is 16. The first-order valence-electron chi connectivity index (χ1n) is 39.8. The second-order valence-corrected chi connectivity index (χ2v) is 31.7. The van der Waals surface area contributed by atoms with Crippen molar-refractivity contribution in [3.8, 4) is 11.1 Å². The molecule has 5 amide bonds. The van der Waals surface area contributed by atoms with E-state index in [1.165, 1.54) is 121 Å². The van der Waals surface area contributed by atoms with Crippen molar-refractivity contribution in [1.82, 2.24) is 26.6 Å². The Kier molecular flexibility index (Phi) is 40.3. The number of carbonyl (C=O) groups excluding carboxylic acids is 7. The first kappa shape index (κ1) is 99.4. The van der Waals surface area contributed by atoms with E-state index >= 15 is 0 Å². The Morgan fingerprint density at radius 1 is 0.347 bits per heavy atom. The Morgan fingerprint density at radius 3 is 1.07 bits per heavy atom. The predicted molar refractivity (Wildman–Crippen MR) is 427 cm³/mol. The standard InChI is InChI=1S/C80H123N5O34S2/c1-39-57(82-54(90)37-120-36-53(89)81-30-52(88)85-76-70(104-15)66(100-11)60(48(113-76)33-94-5)119-80-74(108-19)68(102-13)62(50(115-80)35-96-7)117-78-72(106-17)64(98-9)58(40(2)111-78)83-55(91)38-121-41(3)86)63(97-8)71(105-16)77(110-39)116-61-49(34-95-6)114-79(73(107-18)67(61)101-12)118-59-47(32-93-4)112-75(69(103-14)65(59)99-10)84-51(87)28-29-56(92)109-31-46-44-26-22-20-24-42(44)43-25-21-23-27-45(43)46/h20-27,39-40,46-50,57-80H,28-38H2,1-19H3,(H,81,89)(H,82,90)(H,83,91)(H,84,87)(H,85,88)/t39?,40?,47?,48?,49?,50?,57-,58-,59-,60-,61-,62-,63-,64-,65-,66-,67-,68-,69?,70?,71?,72?,73?,74?,75?,76?,77-,78-,79-,80-/m0/s1. The SMILES string of the molecule is COCC1OC(NC(=O)CCC(=O)OCC2c3ccccc3-c3ccccc32)C(OC)[C@@H](OC)[C@H]1O[C@@H]1OC(COC)[C@H](O[C@@H]2OC(C)[C@H](NC(=O)CSCC(=O)NCC(=O)NC3OC(COC)[C@H](O[C@@H]4OC(COC)[C@H](O[C@@H]5OC(C)[C@H](NC(=O)CSC(C)=O)[C@H](OC)C5OC)[C@H](OC)C4OC)[C@H](OC)C3OC)[C@H](OC)C2OC)[C@H](OC)C1OC. The lowest BCUT2D eigenvalue weighted by Crippen LogP contribution is -2.69. The number of hydrogen-bond donors (Lipinski definition) is 5. The minimum absolute atomic E-state index is 0.0402. The highest BCUT2D eigenvalue weighted by atomic mass is 32.2. The van der Waals surface area contributed by atoms with Gasteiger partial charge in [-0.05, 0) is 36.1 Å². The summed E-state index contributed by atoms with van der Waals surface area (Å²) in [5, 5.41) is 13.9. The molecule has 0 radical (unpaired) electrons. The molecule has 41 heteroatoms. The van der Waals surface area contributed by atoms with Gasteiger partial charge in [-0.2, -0.15) is 0 Å². The zero-order valence-electron chi connectivity index (χ0n) is 72.0. The quantitative estimate of drug-likeness (QED) is 0.0551. The third-order valence-corrected chi connectivity index (χ3v) is 24.1. The van der Waals surface area contributed by atoms with Crippen molar-refractivity contribution in [2.45, 2.75) is 224 Å². The van der Waals surface area contributed by atoms with Crippen LogP contribution in [0, 0.1) is 0 Å². The van der Waals surface area contributed by atoms with Crippen LogP contribution in [0.15, 0.2) is 48.5 Å². The van der Waals surface area contributed by atoms with Crippen molar-refractivity contribution in [3.63, 3.8) is 0 Å². The molecule has 0 aromatic heterocycles. The fourth-order valence-electron chi connectivity index (χ4n) is 16.7. The van der Waals surface area contributed by atoms with Gasteiger partial charge in [0.05, 0.1) is 80.9 Å². The number of fused-ring (bicyclic) bond motifs is 3. The van der Waals surface area contributed by atoms with E-state index in [1.54, 1.807) is 13.8 Å². The lowest BCUT2D eigenvalue weighted by molar-refractivity contribution is -0.374. The summed E-state index contributed by atoms with van der Waals surface area (Å²) in [5.74, 6) is -3.80. The van der Waals surface area contributed by atoms with Crippen LogP contribution in [0.2, 0.25) is 0 Å². The number of hydrogen-bond acceptors (Lipinski definition) is 36. The highest BCUT2D eigenvalue weighted by molar-refractivity contribution is 8.14. The third-order valence-electron chi connectivity index (χ3n) is 22.3. The van der Waals surface area contributed by atoms with Crippen LogP contribution >= 0.6 is 23.5 Å². The largest absolute Gasteiger partial charge is 0.465 e. The number of thioether (sulfide) groups is 2. The molecule has 121 heavy (non-hydrogen) atoms. The van der Waals surface area contributed by atoms with Crippen molar-refractivity contribution in [3.05, 3.63) is 59.7 Å². The summed E-state index contributed by atoms with van der Waals surface area (Å²) in [7, 11) is 23.3. The zero-order chi connectivity index (χ0) is 87.7. The number of esters is 1. The van der Waals surface area contributed by atoms with Gasteiger partial charge >= 0.3 is 5.97 Å². The molecule has 30 atom stereocenters. The number of benzene rings is 2. The van der Waals surface area contributed by atoms with Crippen LogP contribution in [0.1, 0.15) is 50.7 Å². The monoisotopic (exact) mass is 1760 g/mol.